The maximum absolute atomic E-state index is 13.7. The zero-order valence-corrected chi connectivity index (χ0v) is 12.7. The van der Waals surface area contributed by atoms with Crippen molar-refractivity contribution in [2.75, 3.05) is 0 Å². The van der Waals surface area contributed by atoms with Gasteiger partial charge in [0.15, 0.2) is 11.6 Å². The fraction of sp³-hybridized carbons (Fsp3) is 0.133. The lowest BCUT2D eigenvalue weighted by molar-refractivity contribution is 0.288. The summed E-state index contributed by atoms with van der Waals surface area (Å²) < 4.78 is 19.3. The minimum atomic E-state index is -0.410. The Morgan fingerprint density at radius 3 is 2.70 bits per heavy atom. The molecule has 2 rings (SSSR count). The first-order valence-electron chi connectivity index (χ1n) is 5.80. The Balaban J connectivity index is 2.19. The summed E-state index contributed by atoms with van der Waals surface area (Å²) in [5.74, 6) is -0.198. The van der Waals surface area contributed by atoms with E-state index in [0.29, 0.717) is 21.5 Å². The molecule has 0 N–H and O–H groups in total. The summed E-state index contributed by atoms with van der Waals surface area (Å²) in [4.78, 5) is 0. The molecule has 0 radical (unpaired) electrons. The van der Waals surface area contributed by atoms with Crippen LogP contribution < -0.4 is 4.74 Å². The van der Waals surface area contributed by atoms with Crippen molar-refractivity contribution in [2.45, 2.75) is 11.9 Å². The van der Waals surface area contributed by atoms with E-state index in [9.17, 15) is 4.39 Å². The Morgan fingerprint density at radius 1 is 1.25 bits per heavy atom. The molecule has 5 heteroatoms. The van der Waals surface area contributed by atoms with Crippen molar-refractivity contribution in [1.82, 2.24) is 0 Å². The first-order valence-corrected chi connectivity index (χ1v) is 7.30. The van der Waals surface area contributed by atoms with Gasteiger partial charge in [-0.05, 0) is 18.2 Å². The SMILES string of the molecule is N#Cc1ccc(COc2c(F)cccc2CBr)c(Cl)c1. The van der Waals surface area contributed by atoms with Crippen LogP contribution in [0.25, 0.3) is 0 Å². The second-order valence-electron chi connectivity index (χ2n) is 4.07. The number of alkyl halides is 1. The molecule has 0 amide bonds. The van der Waals surface area contributed by atoms with Gasteiger partial charge in [-0.3, -0.25) is 0 Å². The van der Waals surface area contributed by atoms with Crippen molar-refractivity contribution in [1.29, 1.82) is 5.26 Å². The van der Waals surface area contributed by atoms with Gasteiger partial charge in [-0.2, -0.15) is 5.26 Å². The van der Waals surface area contributed by atoms with Crippen LogP contribution in [0.15, 0.2) is 36.4 Å². The molecule has 20 heavy (non-hydrogen) atoms. The lowest BCUT2D eigenvalue weighted by Crippen LogP contribution is -2.01. The second kappa shape index (κ2) is 6.74. The summed E-state index contributed by atoms with van der Waals surface area (Å²) >= 11 is 9.35. The predicted octanol–water partition coefficient (Wildman–Crippen LogP) is 4.82. The van der Waals surface area contributed by atoms with Gasteiger partial charge in [0.2, 0.25) is 0 Å². The van der Waals surface area contributed by atoms with Crippen LogP contribution in [0, 0.1) is 17.1 Å². The molecule has 2 aromatic carbocycles. The quantitative estimate of drug-likeness (QED) is 0.737. The molecule has 102 valence electrons. The summed E-state index contributed by atoms with van der Waals surface area (Å²) in [5.41, 5.74) is 1.91. The number of rotatable bonds is 4. The minimum absolute atomic E-state index is 0.144. The van der Waals surface area contributed by atoms with Crippen LogP contribution in [0.1, 0.15) is 16.7 Å². The van der Waals surface area contributed by atoms with Crippen LogP contribution in [0.5, 0.6) is 5.75 Å². The molecule has 0 heterocycles. The third-order valence-electron chi connectivity index (χ3n) is 2.75. The Morgan fingerprint density at radius 2 is 2.05 bits per heavy atom. The molecule has 0 saturated heterocycles. The molecule has 2 aromatic rings. The number of hydrogen-bond acceptors (Lipinski definition) is 2. The zero-order chi connectivity index (χ0) is 14.5. The van der Waals surface area contributed by atoms with Gasteiger partial charge >= 0.3 is 0 Å². The summed E-state index contributed by atoms with van der Waals surface area (Å²) in [7, 11) is 0. The minimum Gasteiger partial charge on any atom is -0.485 e. The average Bonchev–Trinajstić information content (AvgIpc) is 2.46. The van der Waals surface area contributed by atoms with Gasteiger partial charge in [-0.1, -0.05) is 45.7 Å². The number of ether oxygens (including phenoxy) is 1. The van der Waals surface area contributed by atoms with Gasteiger partial charge in [-0.25, -0.2) is 4.39 Å². The lowest BCUT2D eigenvalue weighted by atomic mass is 10.1. The molecule has 2 nitrogen and oxygen atoms in total. The zero-order valence-electron chi connectivity index (χ0n) is 10.4. The molecular weight excluding hydrogens is 345 g/mol. The van der Waals surface area contributed by atoms with E-state index < -0.39 is 5.82 Å². The predicted molar refractivity (Wildman–Crippen MR) is 79.5 cm³/mol. The molecule has 0 aliphatic heterocycles. The third kappa shape index (κ3) is 3.30. The van der Waals surface area contributed by atoms with Gasteiger partial charge < -0.3 is 4.74 Å². The first kappa shape index (κ1) is 14.8. The first-order chi connectivity index (χ1) is 9.65. The largest absolute Gasteiger partial charge is 0.485 e. The van der Waals surface area contributed by atoms with Gasteiger partial charge in [0, 0.05) is 21.5 Å². The molecule has 0 atom stereocenters. The van der Waals surface area contributed by atoms with E-state index >= 15 is 0 Å². The van der Waals surface area contributed by atoms with Gasteiger partial charge in [0.25, 0.3) is 0 Å². The van der Waals surface area contributed by atoms with E-state index in [1.807, 2.05) is 6.07 Å². The number of halogens is 3. The number of benzene rings is 2. The molecule has 0 spiro atoms. The van der Waals surface area contributed by atoms with Crippen molar-refractivity contribution >= 4 is 27.5 Å². The topological polar surface area (TPSA) is 33.0 Å². The summed E-state index contributed by atoms with van der Waals surface area (Å²) in [5, 5.41) is 9.70. The highest BCUT2D eigenvalue weighted by Crippen LogP contribution is 2.27. The maximum atomic E-state index is 13.7. The van der Waals surface area contributed by atoms with E-state index in [2.05, 4.69) is 15.9 Å². The molecule has 0 aliphatic rings. The number of nitriles is 1. The highest BCUT2D eigenvalue weighted by atomic mass is 79.9. The number of hydrogen-bond donors (Lipinski definition) is 0. The van der Waals surface area contributed by atoms with E-state index in [4.69, 9.17) is 21.6 Å². The molecular formula is C15H10BrClFNO. The fourth-order valence-corrected chi connectivity index (χ4v) is 2.38. The Labute approximate surface area is 129 Å². The van der Waals surface area contributed by atoms with Gasteiger partial charge in [-0.15, -0.1) is 0 Å². The highest BCUT2D eigenvalue weighted by Gasteiger charge is 2.10. The van der Waals surface area contributed by atoms with Crippen LogP contribution >= 0.6 is 27.5 Å². The Bertz CT molecular complexity index is 669. The van der Waals surface area contributed by atoms with Gasteiger partial charge in [0.05, 0.1) is 11.6 Å². The number of nitrogens with zero attached hydrogens (tertiary/aromatic N) is 1. The smallest absolute Gasteiger partial charge is 0.165 e. The van der Waals surface area contributed by atoms with Crippen LogP contribution in [-0.4, -0.2) is 0 Å². The van der Waals surface area contributed by atoms with Crippen molar-refractivity contribution < 1.29 is 9.13 Å². The normalized spacial score (nSPS) is 10.1. The van der Waals surface area contributed by atoms with Crippen LogP contribution in [0.4, 0.5) is 4.39 Å². The standard InChI is InChI=1S/C15H10BrClFNO/c16-7-11-2-1-3-14(18)15(11)20-9-12-5-4-10(8-19)6-13(12)17/h1-6H,7,9H2. The van der Waals surface area contributed by atoms with E-state index in [-0.39, 0.29) is 12.4 Å². The Hall–Kier alpha value is -1.57. The molecule has 0 unspecified atom stereocenters. The van der Waals surface area contributed by atoms with Crippen molar-refractivity contribution in [2.24, 2.45) is 0 Å². The molecule has 0 aliphatic carbocycles. The van der Waals surface area contributed by atoms with E-state index in [0.717, 1.165) is 5.56 Å². The van der Waals surface area contributed by atoms with Crippen LogP contribution in [-0.2, 0) is 11.9 Å². The third-order valence-corrected chi connectivity index (χ3v) is 3.70. The van der Waals surface area contributed by atoms with Crippen LogP contribution in [0.3, 0.4) is 0 Å². The van der Waals surface area contributed by atoms with Crippen molar-refractivity contribution in [3.05, 3.63) is 63.9 Å². The maximum Gasteiger partial charge on any atom is 0.165 e. The lowest BCUT2D eigenvalue weighted by Gasteiger charge is -2.12. The highest BCUT2D eigenvalue weighted by molar-refractivity contribution is 9.08. The van der Waals surface area contributed by atoms with Crippen molar-refractivity contribution in [3.8, 4) is 11.8 Å². The molecule has 0 bridgehead atoms. The molecule has 0 fully saturated rings. The Kier molecular flexibility index (Phi) is 4.99. The fourth-order valence-electron chi connectivity index (χ4n) is 1.70. The molecule has 0 saturated carbocycles. The summed E-state index contributed by atoms with van der Waals surface area (Å²) in [6, 6.07) is 11.7. The van der Waals surface area contributed by atoms with E-state index in [1.165, 1.54) is 6.07 Å². The summed E-state index contributed by atoms with van der Waals surface area (Å²) in [6.07, 6.45) is 0. The average molecular weight is 355 g/mol. The van der Waals surface area contributed by atoms with Crippen molar-refractivity contribution in [3.63, 3.8) is 0 Å². The number of para-hydroxylation sites is 1. The van der Waals surface area contributed by atoms with Crippen LogP contribution in [0.2, 0.25) is 5.02 Å². The second-order valence-corrected chi connectivity index (χ2v) is 5.04. The monoisotopic (exact) mass is 353 g/mol. The summed E-state index contributed by atoms with van der Waals surface area (Å²) in [6.45, 7) is 0.144. The molecule has 0 aromatic heterocycles. The van der Waals surface area contributed by atoms with Gasteiger partial charge in [0.1, 0.15) is 6.61 Å². The van der Waals surface area contributed by atoms with E-state index in [1.54, 1.807) is 30.3 Å².